The molecule has 3 N–H and O–H groups in total. The molecule has 2 heterocycles. The number of fused-ring (bicyclic) bond motifs is 1. The number of pyridine rings is 1. The summed E-state index contributed by atoms with van der Waals surface area (Å²) in [6, 6.07) is 6.01. The number of nitrogens with one attached hydrogen (secondary N) is 2. The highest BCUT2D eigenvalue weighted by Gasteiger charge is 2.22. The van der Waals surface area contributed by atoms with Crippen LogP contribution in [0.25, 0.3) is 11.0 Å². The van der Waals surface area contributed by atoms with Gasteiger partial charge in [0, 0.05) is 33.4 Å². The molecule has 0 aliphatic rings. The SMILES string of the molecule is CCCS(=O)(=O)Nc1cccc(C(O)c2c[nH]c3ncc(Br)cc23)c1F. The first kappa shape index (κ1) is 18.8. The monoisotopic (exact) mass is 441 g/mol. The van der Waals surface area contributed by atoms with Crippen LogP contribution in [0.1, 0.15) is 30.6 Å². The molecule has 3 aromatic rings. The molecular formula is C17H17BrFN3O3S. The molecule has 138 valence electrons. The lowest BCUT2D eigenvalue weighted by atomic mass is 10.0. The molecule has 0 fully saturated rings. The zero-order chi connectivity index (χ0) is 18.9. The van der Waals surface area contributed by atoms with Gasteiger partial charge in [-0.1, -0.05) is 19.1 Å². The molecule has 1 atom stereocenters. The Morgan fingerprint density at radius 1 is 1.38 bits per heavy atom. The van der Waals surface area contributed by atoms with E-state index in [-0.39, 0.29) is 17.0 Å². The van der Waals surface area contributed by atoms with Crippen LogP contribution < -0.4 is 4.72 Å². The molecule has 1 aromatic carbocycles. The van der Waals surface area contributed by atoms with Crippen molar-refractivity contribution in [2.24, 2.45) is 0 Å². The standard InChI is InChI=1S/C17H17BrFN3O3S/c1-2-6-26(24,25)22-14-5-3-4-11(15(14)19)16(23)13-9-21-17-12(13)7-10(18)8-20-17/h3-5,7-9,16,22-23H,2,6H2,1H3,(H,20,21). The Hall–Kier alpha value is -1.97. The molecule has 0 aliphatic carbocycles. The van der Waals surface area contributed by atoms with Crippen LogP contribution in [-0.4, -0.2) is 29.2 Å². The quantitative estimate of drug-likeness (QED) is 0.543. The molecule has 0 spiro atoms. The van der Waals surface area contributed by atoms with Gasteiger partial charge in [0.15, 0.2) is 5.82 Å². The smallest absolute Gasteiger partial charge is 0.232 e. The minimum absolute atomic E-state index is 0.0254. The summed E-state index contributed by atoms with van der Waals surface area (Å²) in [5.74, 6) is -0.918. The number of aliphatic hydroxyl groups excluding tert-OH is 1. The largest absolute Gasteiger partial charge is 0.383 e. The van der Waals surface area contributed by atoms with E-state index in [1.165, 1.54) is 18.2 Å². The Kier molecular flexibility index (Phi) is 5.31. The van der Waals surface area contributed by atoms with Crippen molar-refractivity contribution in [3.8, 4) is 0 Å². The van der Waals surface area contributed by atoms with E-state index in [1.807, 2.05) is 0 Å². The Morgan fingerprint density at radius 2 is 2.15 bits per heavy atom. The lowest BCUT2D eigenvalue weighted by molar-refractivity contribution is 0.216. The maximum atomic E-state index is 14.8. The summed E-state index contributed by atoms with van der Waals surface area (Å²) in [5, 5.41) is 11.3. The summed E-state index contributed by atoms with van der Waals surface area (Å²) in [6.45, 7) is 1.72. The van der Waals surface area contributed by atoms with Crippen molar-refractivity contribution in [2.45, 2.75) is 19.4 Å². The zero-order valence-electron chi connectivity index (χ0n) is 13.8. The van der Waals surface area contributed by atoms with E-state index in [0.717, 1.165) is 4.47 Å². The lowest BCUT2D eigenvalue weighted by Crippen LogP contribution is -2.17. The Morgan fingerprint density at radius 3 is 2.88 bits per heavy atom. The van der Waals surface area contributed by atoms with Gasteiger partial charge in [0.1, 0.15) is 11.8 Å². The van der Waals surface area contributed by atoms with Crippen LogP contribution in [0.5, 0.6) is 0 Å². The normalized spacial score (nSPS) is 13.1. The van der Waals surface area contributed by atoms with Gasteiger partial charge in [0.2, 0.25) is 10.0 Å². The van der Waals surface area contributed by atoms with Gasteiger partial charge in [0.05, 0.1) is 11.4 Å². The first-order valence-electron chi connectivity index (χ1n) is 7.92. The van der Waals surface area contributed by atoms with Crippen LogP contribution in [0.2, 0.25) is 0 Å². The van der Waals surface area contributed by atoms with Gasteiger partial charge in [0.25, 0.3) is 0 Å². The number of halogens is 2. The van der Waals surface area contributed by atoms with E-state index >= 15 is 0 Å². The first-order chi connectivity index (χ1) is 12.3. The van der Waals surface area contributed by atoms with Crippen LogP contribution >= 0.6 is 15.9 Å². The Balaban J connectivity index is 2.01. The van der Waals surface area contributed by atoms with E-state index in [0.29, 0.717) is 23.0 Å². The van der Waals surface area contributed by atoms with Gasteiger partial charge in [-0.05, 0) is 34.5 Å². The summed E-state index contributed by atoms with van der Waals surface area (Å²) in [4.78, 5) is 7.12. The number of anilines is 1. The number of aromatic nitrogens is 2. The van der Waals surface area contributed by atoms with Crippen molar-refractivity contribution in [3.63, 3.8) is 0 Å². The average molecular weight is 442 g/mol. The highest BCUT2D eigenvalue weighted by molar-refractivity contribution is 9.10. The number of benzene rings is 1. The molecule has 0 bridgehead atoms. The molecule has 0 saturated heterocycles. The molecule has 6 nitrogen and oxygen atoms in total. The molecule has 0 aliphatic heterocycles. The fourth-order valence-electron chi connectivity index (χ4n) is 2.72. The molecular weight excluding hydrogens is 425 g/mol. The van der Waals surface area contributed by atoms with Crippen LogP contribution in [0.4, 0.5) is 10.1 Å². The minimum Gasteiger partial charge on any atom is -0.383 e. The number of H-pyrrole nitrogens is 1. The van der Waals surface area contributed by atoms with Gasteiger partial charge < -0.3 is 10.1 Å². The van der Waals surface area contributed by atoms with Crippen LogP contribution in [0.3, 0.4) is 0 Å². The van der Waals surface area contributed by atoms with Crippen LogP contribution in [0, 0.1) is 5.82 Å². The maximum absolute atomic E-state index is 14.8. The third kappa shape index (κ3) is 3.74. The van der Waals surface area contributed by atoms with E-state index < -0.39 is 21.9 Å². The second-order valence-corrected chi connectivity index (χ2v) is 8.58. The van der Waals surface area contributed by atoms with E-state index in [4.69, 9.17) is 0 Å². The summed E-state index contributed by atoms with van der Waals surface area (Å²) >= 11 is 3.32. The first-order valence-corrected chi connectivity index (χ1v) is 10.4. The molecule has 0 amide bonds. The predicted octanol–water partition coefficient (Wildman–Crippen LogP) is 3.70. The third-order valence-corrected chi connectivity index (χ3v) is 5.80. The number of aliphatic hydroxyl groups is 1. The summed E-state index contributed by atoms with van der Waals surface area (Å²) in [6.07, 6.45) is 2.30. The van der Waals surface area contributed by atoms with Gasteiger partial charge in [-0.2, -0.15) is 0 Å². The number of sulfonamides is 1. The minimum atomic E-state index is -3.64. The summed E-state index contributed by atoms with van der Waals surface area (Å²) in [5.41, 5.74) is 0.792. The van der Waals surface area contributed by atoms with E-state index in [9.17, 15) is 17.9 Å². The fraction of sp³-hybridized carbons (Fsp3) is 0.235. The highest BCUT2D eigenvalue weighted by atomic mass is 79.9. The molecule has 2 aromatic heterocycles. The van der Waals surface area contributed by atoms with Crippen molar-refractivity contribution in [2.75, 3.05) is 10.5 Å². The van der Waals surface area contributed by atoms with Crippen molar-refractivity contribution in [3.05, 3.63) is 58.1 Å². The number of nitrogens with zero attached hydrogens (tertiary/aromatic N) is 1. The van der Waals surface area contributed by atoms with E-state index in [1.54, 1.807) is 25.4 Å². The van der Waals surface area contributed by atoms with E-state index in [2.05, 4.69) is 30.6 Å². The zero-order valence-corrected chi connectivity index (χ0v) is 16.2. The third-order valence-electron chi connectivity index (χ3n) is 3.89. The second-order valence-electron chi connectivity index (χ2n) is 5.83. The van der Waals surface area contributed by atoms with Crippen molar-refractivity contribution >= 4 is 42.7 Å². The average Bonchev–Trinajstić information content (AvgIpc) is 2.99. The maximum Gasteiger partial charge on any atom is 0.232 e. The molecule has 1 unspecified atom stereocenters. The highest BCUT2D eigenvalue weighted by Crippen LogP contribution is 2.33. The molecule has 0 radical (unpaired) electrons. The Bertz CT molecular complexity index is 1050. The molecule has 26 heavy (non-hydrogen) atoms. The molecule has 0 saturated carbocycles. The number of aromatic amines is 1. The van der Waals surface area contributed by atoms with Gasteiger partial charge in [-0.3, -0.25) is 4.72 Å². The van der Waals surface area contributed by atoms with Crippen LogP contribution in [-0.2, 0) is 10.0 Å². The number of hydrogen-bond donors (Lipinski definition) is 3. The van der Waals surface area contributed by atoms with Crippen LogP contribution in [0.15, 0.2) is 41.1 Å². The number of rotatable bonds is 6. The number of hydrogen-bond acceptors (Lipinski definition) is 4. The van der Waals surface area contributed by atoms with Crippen molar-refractivity contribution < 1.29 is 17.9 Å². The predicted molar refractivity (Wildman–Crippen MR) is 102 cm³/mol. The molecule has 3 rings (SSSR count). The van der Waals surface area contributed by atoms with Gasteiger partial charge in [-0.15, -0.1) is 0 Å². The molecule has 9 heteroatoms. The Labute approximate surface area is 158 Å². The van der Waals surface area contributed by atoms with Gasteiger partial charge >= 0.3 is 0 Å². The summed E-state index contributed by atoms with van der Waals surface area (Å²) < 4.78 is 41.6. The lowest BCUT2D eigenvalue weighted by Gasteiger charge is -2.15. The van der Waals surface area contributed by atoms with Gasteiger partial charge in [-0.25, -0.2) is 17.8 Å². The van der Waals surface area contributed by atoms with Crippen molar-refractivity contribution in [1.29, 1.82) is 0 Å². The second kappa shape index (κ2) is 7.34. The topological polar surface area (TPSA) is 95.1 Å². The summed E-state index contributed by atoms with van der Waals surface area (Å²) in [7, 11) is -3.64. The van der Waals surface area contributed by atoms with Crippen molar-refractivity contribution in [1.82, 2.24) is 9.97 Å². The fourth-order valence-corrected chi connectivity index (χ4v) is 4.18.